The van der Waals surface area contributed by atoms with E-state index in [-0.39, 0.29) is 88.7 Å². The quantitative estimate of drug-likeness (QED) is 0.0634. The van der Waals surface area contributed by atoms with Crippen LogP contribution in [0.25, 0.3) is 16.5 Å². The number of rotatable bonds is 7. The number of phenols is 2. The molecule has 16 nitrogen and oxygen atoms in total. The molecule has 2 saturated carbocycles. The minimum absolute atomic E-state index is 0.0152. The Bertz CT molecular complexity index is 3670. The van der Waals surface area contributed by atoms with Crippen molar-refractivity contribution in [2.75, 3.05) is 19.8 Å². The van der Waals surface area contributed by atoms with Gasteiger partial charge in [-0.05, 0) is 188 Å². The van der Waals surface area contributed by atoms with Crippen LogP contribution in [-0.4, -0.2) is 91.0 Å². The Morgan fingerprint density at radius 2 is 1.82 bits per heavy atom. The van der Waals surface area contributed by atoms with Gasteiger partial charge in [-0.3, -0.25) is 10.1 Å². The molecule has 14 unspecified atom stereocenters. The average molecular weight is 1130 g/mol. The highest BCUT2D eigenvalue weighted by atomic mass is 16.6. The number of esters is 1. The Kier molecular flexibility index (Phi) is 13.3. The Morgan fingerprint density at radius 3 is 2.61 bits per heavy atom. The number of aliphatic hydroxyl groups is 5. The second kappa shape index (κ2) is 20.3. The molecule has 12 N–H and O–H groups in total. The summed E-state index contributed by atoms with van der Waals surface area (Å²) in [6, 6.07) is 12.7. The molecule has 83 heavy (non-hydrogen) atoms. The number of nitrogens with two attached hydrogens (primary N) is 1. The molecule has 0 spiro atoms. The zero-order valence-corrected chi connectivity index (χ0v) is 47.3. The van der Waals surface area contributed by atoms with E-state index < -0.39 is 77.4 Å². The van der Waals surface area contributed by atoms with Crippen LogP contribution in [0.3, 0.4) is 0 Å². The number of allylic oxidation sites excluding steroid dienone is 6. The molecule has 0 radical (unpaired) electrons. The number of carbonyl (C=O) groups excluding carboxylic acids is 1. The number of nitrogens with one attached hydrogen (secondary N) is 3. The molecule has 14 rings (SSSR count). The second-order valence-corrected chi connectivity index (χ2v) is 25.7. The fourth-order valence-corrected chi connectivity index (χ4v) is 17.8. The van der Waals surface area contributed by atoms with E-state index in [0.717, 1.165) is 69.9 Å². The van der Waals surface area contributed by atoms with Crippen molar-refractivity contribution < 1.29 is 54.4 Å². The van der Waals surface area contributed by atoms with E-state index in [9.17, 15) is 40.5 Å². The maximum atomic E-state index is 15.9. The fraction of sp³-hybridized carbons (Fsp3) is 0.493. The number of carbonyl (C=O) groups is 1. The van der Waals surface area contributed by atoms with Gasteiger partial charge in [-0.2, -0.15) is 0 Å². The van der Waals surface area contributed by atoms with Crippen molar-refractivity contribution in [1.82, 2.24) is 16.0 Å². The Balaban J connectivity index is 0.981. The van der Waals surface area contributed by atoms with E-state index in [4.69, 9.17) is 19.6 Å². The van der Waals surface area contributed by atoms with E-state index in [1.165, 1.54) is 11.1 Å². The first kappa shape index (κ1) is 54.3. The van der Waals surface area contributed by atoms with Crippen LogP contribution in [0.2, 0.25) is 0 Å². The number of aromatic hydroxyl groups is 2. The minimum Gasteiger partial charge on any atom is -0.508 e. The number of hydrogen-bond acceptors (Lipinski definition) is 16. The summed E-state index contributed by atoms with van der Waals surface area (Å²) in [6.45, 7) is 5.17. The van der Waals surface area contributed by atoms with Crippen LogP contribution in [0, 0.1) is 29.6 Å². The summed E-state index contributed by atoms with van der Waals surface area (Å²) in [5, 5.41) is 92.9. The van der Waals surface area contributed by atoms with Crippen LogP contribution in [0.15, 0.2) is 115 Å². The highest BCUT2D eigenvalue weighted by Crippen LogP contribution is 2.63. The molecule has 4 aromatic rings. The molecule has 0 amide bonds. The van der Waals surface area contributed by atoms with Crippen molar-refractivity contribution in [1.29, 1.82) is 0 Å². The molecule has 5 aliphatic carbocycles. The van der Waals surface area contributed by atoms with Gasteiger partial charge in [0.05, 0.1) is 24.4 Å². The van der Waals surface area contributed by atoms with Crippen molar-refractivity contribution in [2.24, 2.45) is 35.3 Å². The maximum Gasteiger partial charge on any atom is 0.337 e. The first-order valence-electron chi connectivity index (χ1n) is 30.2. The number of dihydropyridines is 2. The monoisotopic (exact) mass is 1130 g/mol. The summed E-state index contributed by atoms with van der Waals surface area (Å²) in [5.41, 5.74) is 15.2. The lowest BCUT2D eigenvalue weighted by Gasteiger charge is -2.52. The molecule has 1 aromatic heterocycles. The third-order valence-electron chi connectivity index (χ3n) is 21.6. The molecule has 3 aromatic carbocycles. The molecular weight excluding hydrogens is 1050 g/mol. The van der Waals surface area contributed by atoms with Gasteiger partial charge in [0.15, 0.2) is 5.43 Å². The van der Waals surface area contributed by atoms with Crippen molar-refractivity contribution in [3.05, 3.63) is 161 Å². The summed E-state index contributed by atoms with van der Waals surface area (Å²) in [5.74, 6) is -4.02. The standard InChI is InChI=1S/C67H76N4O12/c1-4-50(67(80)27-35-22-37(67)21-34-20-33(17-19-72)59(77)46-7-5-6-41(35)54(34)46)65(79)82-53-26-48-60(78)57-52(76)25-39(29-73)81-62(57)58-55-45-16-18-69-63(68)56(45)43(13-10-32-9-11-38(75)24-47(32)49(55)30-74)42-15-14-40-36(23-51(42)66(53,3)83-61(48)58)28-70-64-44(40)12-8-31(2)71-64/h4-7,9,11,16,21,24-25,28,31,33,35,37,42-43,49,51,53,55,59,64,69-75,77-78,80H,8,10,12-15,17-20,22-23,26-27,29-30,68H2,1-3H3. The van der Waals surface area contributed by atoms with Crippen LogP contribution in [0.5, 0.6) is 17.2 Å². The summed E-state index contributed by atoms with van der Waals surface area (Å²) < 4.78 is 21.7. The van der Waals surface area contributed by atoms with Crippen LogP contribution < -0.4 is 31.8 Å². The van der Waals surface area contributed by atoms with Crippen molar-refractivity contribution in [2.45, 2.75) is 158 Å². The molecule has 16 heteroatoms. The van der Waals surface area contributed by atoms with Gasteiger partial charge in [0, 0.05) is 72.7 Å². The highest BCUT2D eigenvalue weighted by molar-refractivity contribution is 5.93. The number of benzene rings is 3. The lowest BCUT2D eigenvalue weighted by atomic mass is 9.61. The fourth-order valence-electron chi connectivity index (χ4n) is 17.8. The van der Waals surface area contributed by atoms with Gasteiger partial charge < -0.3 is 66.0 Å². The largest absolute Gasteiger partial charge is 0.508 e. The van der Waals surface area contributed by atoms with E-state index in [1.807, 2.05) is 25.1 Å². The molecule has 5 aliphatic heterocycles. The zero-order chi connectivity index (χ0) is 57.5. The SMILES string of the molecule is CC=C(C(=O)OC1Cc2c3c(c4oc(CO)cc(=O)c4c2O)C2C4=CCNC(N)=C4C(CCc4ccc(O)cc4C2CO)C2CCC4=C5CCC(C)NC5NC=C4CC2C1(C)O3)C1(O)CC2CC1C=C1CC(CCO)C(O)c3cccc2c31. The van der Waals surface area contributed by atoms with Gasteiger partial charge in [-0.1, -0.05) is 42.5 Å². The van der Waals surface area contributed by atoms with E-state index >= 15 is 4.79 Å². The van der Waals surface area contributed by atoms with E-state index in [0.29, 0.717) is 74.5 Å². The number of fused-ring (bicyclic) bond motifs is 13. The third-order valence-corrected chi connectivity index (χ3v) is 21.6. The summed E-state index contributed by atoms with van der Waals surface area (Å²) in [4.78, 5) is 30.6. The summed E-state index contributed by atoms with van der Waals surface area (Å²) >= 11 is 0. The van der Waals surface area contributed by atoms with Crippen LogP contribution in [0.4, 0.5) is 0 Å². The van der Waals surface area contributed by atoms with E-state index in [2.05, 4.69) is 47.3 Å². The number of hydrogen-bond donors (Lipinski definition) is 11. The Morgan fingerprint density at radius 1 is 0.988 bits per heavy atom. The smallest absolute Gasteiger partial charge is 0.337 e. The molecule has 6 heterocycles. The molecular formula is C67H76N4O12. The minimum atomic E-state index is -1.68. The lowest BCUT2D eigenvalue weighted by Crippen LogP contribution is -2.59. The van der Waals surface area contributed by atoms with Gasteiger partial charge in [-0.25, -0.2) is 4.79 Å². The van der Waals surface area contributed by atoms with Gasteiger partial charge in [0.1, 0.15) is 63.7 Å². The molecule has 6 bridgehead atoms. The van der Waals surface area contributed by atoms with Gasteiger partial charge in [0.25, 0.3) is 0 Å². The van der Waals surface area contributed by atoms with Crippen LogP contribution in [-0.2, 0) is 29.0 Å². The number of ether oxygens (including phenoxy) is 2. The number of phenolic OH excluding ortho intramolecular Hbond substituents is 2. The van der Waals surface area contributed by atoms with Crippen LogP contribution in [0.1, 0.15) is 154 Å². The summed E-state index contributed by atoms with van der Waals surface area (Å²) in [7, 11) is 0. The number of piperidine rings is 1. The topological polar surface area (TPSA) is 269 Å². The lowest BCUT2D eigenvalue weighted by molar-refractivity contribution is -0.171. The zero-order valence-electron chi connectivity index (χ0n) is 47.3. The van der Waals surface area contributed by atoms with E-state index in [1.54, 1.807) is 25.1 Å². The molecule has 1 saturated heterocycles. The Hall–Kier alpha value is -6.66. The second-order valence-electron chi connectivity index (χ2n) is 25.7. The maximum absolute atomic E-state index is 15.9. The van der Waals surface area contributed by atoms with Gasteiger partial charge in [-0.15, -0.1) is 0 Å². The molecule has 14 atom stereocenters. The number of aryl methyl sites for hydroxylation is 1. The molecule has 436 valence electrons. The van der Waals surface area contributed by atoms with Crippen molar-refractivity contribution in [3.8, 4) is 17.2 Å². The number of aliphatic hydroxyl groups excluding tert-OH is 4. The normalized spacial score (nSPS) is 33.9. The average Bonchev–Trinajstić information content (AvgIpc) is 2.48. The first-order chi connectivity index (χ1) is 40.1. The predicted molar refractivity (Wildman–Crippen MR) is 311 cm³/mol. The summed E-state index contributed by atoms with van der Waals surface area (Å²) in [6.07, 6.45) is 12.6. The Labute approximate surface area is 482 Å². The molecule has 3 fully saturated rings. The van der Waals surface area contributed by atoms with Crippen molar-refractivity contribution >= 4 is 22.5 Å². The van der Waals surface area contributed by atoms with Crippen molar-refractivity contribution in [3.63, 3.8) is 0 Å². The predicted octanol–water partition coefficient (Wildman–Crippen LogP) is 7.44. The van der Waals surface area contributed by atoms with Gasteiger partial charge in [0.2, 0.25) is 0 Å². The molecule has 10 aliphatic rings. The third kappa shape index (κ3) is 8.27. The van der Waals surface area contributed by atoms with Gasteiger partial charge >= 0.3 is 5.97 Å². The van der Waals surface area contributed by atoms with Crippen LogP contribution >= 0.6 is 0 Å². The highest BCUT2D eigenvalue weighted by Gasteiger charge is 2.60. The first-order valence-corrected chi connectivity index (χ1v) is 30.2.